The van der Waals surface area contributed by atoms with E-state index in [9.17, 15) is 19.8 Å². The zero-order valence-corrected chi connectivity index (χ0v) is 23.4. The van der Waals surface area contributed by atoms with Crippen LogP contribution in [0.4, 0.5) is 14.5 Å². The Morgan fingerprint density at radius 3 is 2.59 bits per heavy atom. The molecule has 4 aliphatic carbocycles. The Labute approximate surface area is 235 Å². The topological polar surface area (TPSA) is 87.1 Å². The third-order valence-corrected chi connectivity index (χ3v) is 11.9. The van der Waals surface area contributed by atoms with Gasteiger partial charge in [-0.15, -0.1) is 0 Å². The van der Waals surface area contributed by atoms with Gasteiger partial charge in [-0.1, -0.05) is 43.1 Å². The molecule has 0 bridgehead atoms. The highest BCUT2D eigenvalue weighted by Crippen LogP contribution is 2.77. The maximum atomic E-state index is 17.7. The van der Waals surface area contributed by atoms with Crippen molar-refractivity contribution >= 4 is 40.5 Å². The van der Waals surface area contributed by atoms with Crippen LogP contribution in [0.2, 0.25) is 10.0 Å². The van der Waals surface area contributed by atoms with Gasteiger partial charge in [0, 0.05) is 22.7 Å². The number of Topliss-reactive ketones (excluding diaryl/α,β-unsaturated/α-hetero) is 1. The number of carbonyl (C=O) groups is 2. The number of carbonyl (C=O) groups excluding carboxylic acids is 2. The third-order valence-electron chi connectivity index (χ3n) is 11.1. The number of fused-ring (bicyclic) bond motifs is 7. The van der Waals surface area contributed by atoms with E-state index in [4.69, 9.17) is 28.0 Å². The SMILES string of the molecule is C[C@]12C[C@H](O)[C@@]3(F)[C@@H](C[C@H](F)C4=CC(=O)C=C[C@@]43C)[C@]1(C)C[C@H]1CN(c3ccc(Cl)c(Cl)c3)O[C@]12C(=O)CO. The normalized spacial score (nSPS) is 46.3. The first-order valence-electron chi connectivity index (χ1n) is 13.2. The lowest BCUT2D eigenvalue weighted by Crippen LogP contribution is -2.73. The van der Waals surface area contributed by atoms with Gasteiger partial charge in [0.1, 0.15) is 12.8 Å². The van der Waals surface area contributed by atoms with Crippen molar-refractivity contribution in [1.29, 1.82) is 0 Å². The molecule has 1 heterocycles. The van der Waals surface area contributed by atoms with E-state index in [0.717, 1.165) is 6.08 Å². The van der Waals surface area contributed by atoms with Crippen molar-refractivity contribution in [3.8, 4) is 0 Å². The van der Waals surface area contributed by atoms with E-state index >= 15 is 8.78 Å². The number of anilines is 1. The largest absolute Gasteiger partial charge is 0.390 e. The van der Waals surface area contributed by atoms with Crippen molar-refractivity contribution in [1.82, 2.24) is 0 Å². The Kier molecular flexibility index (Phi) is 5.85. The van der Waals surface area contributed by atoms with Gasteiger partial charge in [0.2, 0.25) is 0 Å². The number of hydrogen-bond acceptors (Lipinski definition) is 6. The molecule has 0 spiro atoms. The van der Waals surface area contributed by atoms with Gasteiger partial charge in [-0.2, -0.15) is 0 Å². The lowest BCUT2D eigenvalue weighted by Gasteiger charge is -2.67. The molecule has 1 aromatic carbocycles. The van der Waals surface area contributed by atoms with Crippen LogP contribution in [-0.4, -0.2) is 58.5 Å². The molecule has 1 saturated heterocycles. The summed E-state index contributed by atoms with van der Waals surface area (Å²) in [5.74, 6) is -2.46. The van der Waals surface area contributed by atoms with Gasteiger partial charge < -0.3 is 10.2 Å². The first-order valence-corrected chi connectivity index (χ1v) is 14.0. The number of aliphatic hydroxyl groups is 2. The van der Waals surface area contributed by atoms with Gasteiger partial charge in [0.15, 0.2) is 22.8 Å². The van der Waals surface area contributed by atoms with Crippen molar-refractivity contribution in [2.75, 3.05) is 18.2 Å². The fourth-order valence-electron chi connectivity index (χ4n) is 9.11. The van der Waals surface area contributed by atoms with Gasteiger partial charge in [-0.3, -0.25) is 19.5 Å². The van der Waals surface area contributed by atoms with Crippen LogP contribution in [0.3, 0.4) is 0 Å². The molecule has 1 aliphatic heterocycles. The molecule has 9 atom stereocenters. The molecule has 10 heteroatoms. The molecule has 0 unspecified atom stereocenters. The van der Waals surface area contributed by atoms with Crippen LogP contribution in [0, 0.1) is 28.1 Å². The number of hydroxylamine groups is 1. The second kappa shape index (κ2) is 8.35. The monoisotopic (exact) mass is 581 g/mol. The van der Waals surface area contributed by atoms with E-state index in [2.05, 4.69) is 0 Å². The minimum atomic E-state index is -2.29. The predicted molar refractivity (Wildman–Crippen MR) is 142 cm³/mol. The van der Waals surface area contributed by atoms with Crippen molar-refractivity contribution in [2.24, 2.45) is 28.1 Å². The highest BCUT2D eigenvalue weighted by Gasteiger charge is 2.83. The van der Waals surface area contributed by atoms with Crippen LogP contribution in [0.5, 0.6) is 0 Å². The van der Waals surface area contributed by atoms with Gasteiger partial charge in [-0.25, -0.2) is 8.78 Å². The van der Waals surface area contributed by atoms with Gasteiger partial charge >= 0.3 is 0 Å². The van der Waals surface area contributed by atoms with E-state index in [-0.39, 0.29) is 25.0 Å². The maximum absolute atomic E-state index is 17.7. The van der Waals surface area contributed by atoms with E-state index in [1.807, 2.05) is 6.92 Å². The summed E-state index contributed by atoms with van der Waals surface area (Å²) in [6.07, 6.45) is 0.507. The molecular weight excluding hydrogens is 551 g/mol. The van der Waals surface area contributed by atoms with Crippen molar-refractivity contribution in [2.45, 2.75) is 63.6 Å². The summed E-state index contributed by atoms with van der Waals surface area (Å²) in [6, 6.07) is 4.94. The summed E-state index contributed by atoms with van der Waals surface area (Å²) in [5.41, 5.74) is -6.97. The van der Waals surface area contributed by atoms with E-state index < -0.39 is 69.8 Å². The highest BCUT2D eigenvalue weighted by atomic mass is 35.5. The Hall–Kier alpha value is -1.84. The molecule has 2 N–H and O–H groups in total. The van der Waals surface area contributed by atoms with Crippen molar-refractivity contribution < 1.29 is 33.4 Å². The maximum Gasteiger partial charge on any atom is 0.193 e. The number of rotatable bonds is 3. The Morgan fingerprint density at radius 1 is 1.21 bits per heavy atom. The molecule has 1 aromatic rings. The number of ketones is 2. The number of benzene rings is 1. The predicted octanol–water partition coefficient (Wildman–Crippen LogP) is 4.98. The summed E-state index contributed by atoms with van der Waals surface area (Å²) in [6.45, 7) is 4.64. The number of hydrogen-bond donors (Lipinski definition) is 2. The molecule has 0 aromatic heterocycles. The number of halogens is 4. The average Bonchev–Trinajstić information content (AvgIpc) is 3.35. The summed E-state index contributed by atoms with van der Waals surface area (Å²) in [5, 5.41) is 24.0. The first-order chi connectivity index (χ1) is 18.2. The average molecular weight is 582 g/mol. The van der Waals surface area contributed by atoms with Crippen LogP contribution in [-0.2, 0) is 14.4 Å². The molecule has 6 rings (SSSR count). The molecule has 39 heavy (non-hydrogen) atoms. The molecule has 0 amide bonds. The summed E-state index contributed by atoms with van der Waals surface area (Å²) in [4.78, 5) is 32.3. The summed E-state index contributed by atoms with van der Waals surface area (Å²) in [7, 11) is 0. The van der Waals surface area contributed by atoms with Crippen LogP contribution >= 0.6 is 23.2 Å². The van der Waals surface area contributed by atoms with E-state index in [1.54, 1.807) is 37.1 Å². The fraction of sp³-hybridized carbons (Fsp3) is 0.586. The minimum absolute atomic E-state index is 0.0429. The number of alkyl halides is 2. The van der Waals surface area contributed by atoms with Crippen molar-refractivity contribution in [3.63, 3.8) is 0 Å². The molecule has 3 saturated carbocycles. The quantitative estimate of drug-likeness (QED) is 0.523. The summed E-state index contributed by atoms with van der Waals surface area (Å²) < 4.78 is 33.5. The molecule has 4 fully saturated rings. The van der Waals surface area contributed by atoms with Crippen molar-refractivity contribution in [3.05, 3.63) is 52.0 Å². The Balaban J connectivity index is 1.48. The second-order valence-electron chi connectivity index (χ2n) is 12.5. The third kappa shape index (κ3) is 3.07. The van der Waals surface area contributed by atoms with Gasteiger partial charge in [0.25, 0.3) is 0 Å². The zero-order valence-electron chi connectivity index (χ0n) is 21.9. The second-order valence-corrected chi connectivity index (χ2v) is 13.3. The zero-order chi connectivity index (χ0) is 28.3. The van der Waals surface area contributed by atoms with Crippen LogP contribution in [0.1, 0.15) is 40.0 Å². The van der Waals surface area contributed by atoms with Crippen LogP contribution in [0.15, 0.2) is 42.0 Å². The van der Waals surface area contributed by atoms with E-state index in [1.165, 1.54) is 12.2 Å². The number of aliphatic hydroxyl groups excluding tert-OH is 2. The minimum Gasteiger partial charge on any atom is -0.390 e. The number of allylic oxidation sites excluding steroid dienone is 4. The highest BCUT2D eigenvalue weighted by molar-refractivity contribution is 6.42. The fourth-order valence-corrected chi connectivity index (χ4v) is 9.41. The number of nitrogens with zero attached hydrogens (tertiary/aromatic N) is 1. The first kappa shape index (κ1) is 27.3. The molecule has 210 valence electrons. The smallest absolute Gasteiger partial charge is 0.193 e. The Bertz CT molecular complexity index is 1350. The molecule has 6 nitrogen and oxygen atoms in total. The molecule has 0 radical (unpaired) electrons. The summed E-state index contributed by atoms with van der Waals surface area (Å²) >= 11 is 12.3. The molecule has 5 aliphatic rings. The standard InChI is InChI=1S/C29H31Cl2F2NO5/c1-25-7-6-17(36)9-18(25)21(32)10-22-26(2)11-15-13-34(16-4-5-19(30)20(31)8-16)39-29(15,24(38)14-35)27(26,3)12-23(37)28(22,25)33/h4-9,15,21-23,35,37H,10-14H2,1-3H3/t15-,21-,22-,23-,25-,26-,27-,28-,29-/m0/s1. The van der Waals surface area contributed by atoms with Gasteiger partial charge in [-0.05, 0) is 67.5 Å². The van der Waals surface area contributed by atoms with E-state index in [0.29, 0.717) is 22.2 Å². The lowest BCUT2D eigenvalue weighted by molar-refractivity contribution is -0.256. The van der Waals surface area contributed by atoms with Crippen LogP contribution in [0.25, 0.3) is 0 Å². The Morgan fingerprint density at radius 2 is 1.92 bits per heavy atom. The van der Waals surface area contributed by atoms with Gasteiger partial charge in [0.05, 0.1) is 28.4 Å². The van der Waals surface area contributed by atoms with Crippen LogP contribution < -0.4 is 5.06 Å². The lowest BCUT2D eigenvalue weighted by atomic mass is 9.39. The molecular formula is C29H31Cl2F2NO5.